The maximum Gasteiger partial charge on any atom is 0.207 e. The minimum absolute atomic E-state index is 0.424. The molecule has 0 aliphatic carbocycles. The van der Waals surface area contributed by atoms with Crippen molar-refractivity contribution in [2.75, 3.05) is 33.0 Å². The van der Waals surface area contributed by atoms with Crippen LogP contribution in [0.3, 0.4) is 0 Å². The third-order valence-electron chi connectivity index (χ3n) is 6.30. The molecule has 0 spiro atoms. The van der Waals surface area contributed by atoms with Crippen LogP contribution in [0.1, 0.15) is 16.7 Å². The van der Waals surface area contributed by atoms with E-state index >= 15 is 0 Å². The Balaban J connectivity index is 1.25. The molecule has 5 rings (SSSR count). The van der Waals surface area contributed by atoms with Crippen molar-refractivity contribution in [2.45, 2.75) is 19.4 Å². The fraction of sp³-hybridized carbons (Fsp3) is 0.269. The summed E-state index contributed by atoms with van der Waals surface area (Å²) in [7, 11) is 3.15. The number of nitrogen functional groups attached to an aromatic ring is 1. The number of aromatic nitrogens is 4. The van der Waals surface area contributed by atoms with Gasteiger partial charge < -0.3 is 15.2 Å². The third kappa shape index (κ3) is 4.45. The number of ether oxygens (including phenoxy) is 2. The van der Waals surface area contributed by atoms with E-state index in [1.165, 1.54) is 21.5 Å². The highest BCUT2D eigenvalue weighted by atomic mass is 16.5. The highest BCUT2D eigenvalue weighted by Gasteiger charge is 2.17. The zero-order chi connectivity index (χ0) is 23.5. The molecule has 1 aromatic heterocycles. The molecule has 2 heterocycles. The van der Waals surface area contributed by atoms with Gasteiger partial charge in [0.15, 0.2) is 11.5 Å². The Kier molecular flexibility index (Phi) is 6.14. The van der Waals surface area contributed by atoms with Gasteiger partial charge in [-0.3, -0.25) is 4.90 Å². The van der Waals surface area contributed by atoms with E-state index in [9.17, 15) is 0 Å². The van der Waals surface area contributed by atoms with Gasteiger partial charge in [0.1, 0.15) is 0 Å². The second-order valence-corrected chi connectivity index (χ2v) is 8.41. The number of methoxy groups -OCH3 is 2. The van der Waals surface area contributed by atoms with Crippen molar-refractivity contribution in [3.63, 3.8) is 0 Å². The van der Waals surface area contributed by atoms with Gasteiger partial charge in [0.05, 0.1) is 19.9 Å². The molecule has 0 saturated heterocycles. The Bertz CT molecular complexity index is 1280. The van der Waals surface area contributed by atoms with E-state index in [1.807, 2.05) is 12.1 Å². The Labute approximate surface area is 198 Å². The van der Waals surface area contributed by atoms with Gasteiger partial charge in [0.25, 0.3) is 0 Å². The average molecular weight is 457 g/mol. The molecule has 1 aliphatic rings. The fourth-order valence-electron chi connectivity index (χ4n) is 4.35. The number of nitrogens with two attached hydrogens (primary N) is 1. The minimum atomic E-state index is 0.424. The molecule has 0 unspecified atom stereocenters. The fourth-order valence-corrected chi connectivity index (χ4v) is 4.35. The van der Waals surface area contributed by atoms with Crippen molar-refractivity contribution in [1.29, 1.82) is 0 Å². The molecule has 0 amide bonds. The molecule has 4 aromatic rings. The molecule has 2 N–H and O–H groups in total. The van der Waals surface area contributed by atoms with Crippen molar-refractivity contribution >= 4 is 5.69 Å². The van der Waals surface area contributed by atoms with Crippen LogP contribution in [-0.4, -0.2) is 52.4 Å². The largest absolute Gasteiger partial charge is 0.493 e. The maximum atomic E-state index is 6.19. The second-order valence-electron chi connectivity index (χ2n) is 8.41. The van der Waals surface area contributed by atoms with Crippen molar-refractivity contribution in [3.8, 4) is 28.6 Å². The van der Waals surface area contributed by atoms with E-state index in [2.05, 4.69) is 56.7 Å². The molecule has 0 fully saturated rings. The lowest BCUT2D eigenvalue weighted by Gasteiger charge is -2.28. The van der Waals surface area contributed by atoms with Crippen molar-refractivity contribution in [2.24, 2.45) is 0 Å². The standard InChI is InChI=1S/C26H28N6O2/c1-33-24-15-22(23(27)16-25(24)34-2)26-28-30-32(29-26)21-9-7-18(8-10-21)11-13-31-14-12-19-5-3-4-6-20(19)17-31/h3-10,15-16H,11-14,17,27H2,1-2H3. The summed E-state index contributed by atoms with van der Waals surface area (Å²) in [6.07, 6.45) is 2.13. The maximum absolute atomic E-state index is 6.19. The van der Waals surface area contributed by atoms with E-state index in [4.69, 9.17) is 15.2 Å². The Hall–Kier alpha value is -3.91. The Morgan fingerprint density at radius 3 is 2.44 bits per heavy atom. The quantitative estimate of drug-likeness (QED) is 0.425. The van der Waals surface area contributed by atoms with Crippen LogP contribution in [0.5, 0.6) is 11.5 Å². The number of fused-ring (bicyclic) bond motifs is 1. The van der Waals surface area contributed by atoms with E-state index in [0.717, 1.165) is 38.2 Å². The van der Waals surface area contributed by atoms with E-state index in [0.29, 0.717) is 28.6 Å². The SMILES string of the molecule is COc1cc(N)c(-c2nnn(-c3ccc(CCN4CCc5ccccc5C4)cc3)n2)cc1OC. The predicted octanol–water partition coefficient (Wildman–Crippen LogP) is 3.53. The van der Waals surface area contributed by atoms with Crippen LogP contribution in [0.15, 0.2) is 60.7 Å². The molecule has 0 atom stereocenters. The zero-order valence-electron chi connectivity index (χ0n) is 19.4. The van der Waals surface area contributed by atoms with E-state index in [1.54, 1.807) is 26.4 Å². The van der Waals surface area contributed by atoms with Crippen LogP contribution in [0.25, 0.3) is 17.1 Å². The summed E-state index contributed by atoms with van der Waals surface area (Å²) in [4.78, 5) is 4.03. The van der Waals surface area contributed by atoms with Gasteiger partial charge >= 0.3 is 0 Å². The molecule has 8 nitrogen and oxygen atoms in total. The first-order valence-electron chi connectivity index (χ1n) is 11.3. The Morgan fingerprint density at radius 1 is 0.941 bits per heavy atom. The molecule has 0 radical (unpaired) electrons. The molecule has 8 heteroatoms. The van der Waals surface area contributed by atoms with E-state index < -0.39 is 0 Å². The first-order valence-corrected chi connectivity index (χ1v) is 11.3. The number of benzene rings is 3. The van der Waals surface area contributed by atoms with Crippen molar-refractivity contribution < 1.29 is 9.47 Å². The van der Waals surface area contributed by atoms with Gasteiger partial charge in [-0.1, -0.05) is 36.4 Å². The molecule has 0 saturated carbocycles. The van der Waals surface area contributed by atoms with Gasteiger partial charge in [-0.25, -0.2) is 0 Å². The van der Waals surface area contributed by atoms with Crippen LogP contribution in [0.4, 0.5) is 5.69 Å². The van der Waals surface area contributed by atoms with Crippen LogP contribution in [0.2, 0.25) is 0 Å². The van der Waals surface area contributed by atoms with Gasteiger partial charge in [-0.2, -0.15) is 0 Å². The van der Waals surface area contributed by atoms with Gasteiger partial charge in [-0.05, 0) is 52.9 Å². The minimum Gasteiger partial charge on any atom is -0.493 e. The number of rotatable bonds is 7. The number of tetrazole rings is 1. The molecule has 34 heavy (non-hydrogen) atoms. The first kappa shape index (κ1) is 21.9. The van der Waals surface area contributed by atoms with Crippen LogP contribution < -0.4 is 15.2 Å². The monoisotopic (exact) mass is 456 g/mol. The highest BCUT2D eigenvalue weighted by Crippen LogP contribution is 2.35. The van der Waals surface area contributed by atoms with Crippen LogP contribution in [0, 0.1) is 0 Å². The lowest BCUT2D eigenvalue weighted by atomic mass is 9.99. The molecule has 1 aliphatic heterocycles. The lowest BCUT2D eigenvalue weighted by molar-refractivity contribution is 0.257. The summed E-state index contributed by atoms with van der Waals surface area (Å²) in [6, 6.07) is 20.5. The number of hydrogen-bond donors (Lipinski definition) is 1. The summed E-state index contributed by atoms with van der Waals surface area (Å²) in [5.41, 5.74) is 12.4. The molecule has 174 valence electrons. The molecule has 3 aromatic carbocycles. The predicted molar refractivity (Wildman–Crippen MR) is 131 cm³/mol. The highest BCUT2D eigenvalue weighted by molar-refractivity contribution is 5.75. The van der Waals surface area contributed by atoms with Gasteiger partial charge in [-0.15, -0.1) is 15.0 Å². The molecule has 0 bridgehead atoms. The van der Waals surface area contributed by atoms with E-state index in [-0.39, 0.29) is 0 Å². The smallest absolute Gasteiger partial charge is 0.207 e. The van der Waals surface area contributed by atoms with Crippen LogP contribution >= 0.6 is 0 Å². The third-order valence-corrected chi connectivity index (χ3v) is 6.30. The number of nitrogens with zero attached hydrogens (tertiary/aromatic N) is 5. The normalized spacial score (nSPS) is 13.5. The lowest BCUT2D eigenvalue weighted by Crippen LogP contribution is -2.32. The number of hydrogen-bond acceptors (Lipinski definition) is 7. The zero-order valence-corrected chi connectivity index (χ0v) is 19.4. The van der Waals surface area contributed by atoms with Crippen molar-refractivity contribution in [3.05, 3.63) is 77.4 Å². The topological polar surface area (TPSA) is 91.3 Å². The summed E-state index contributed by atoms with van der Waals surface area (Å²) in [5.74, 6) is 1.54. The summed E-state index contributed by atoms with van der Waals surface area (Å²) in [6.45, 7) is 3.18. The molecular weight excluding hydrogens is 428 g/mol. The summed E-state index contributed by atoms with van der Waals surface area (Å²) >= 11 is 0. The summed E-state index contributed by atoms with van der Waals surface area (Å²) < 4.78 is 10.7. The molecular formula is C26H28N6O2. The van der Waals surface area contributed by atoms with Gasteiger partial charge in [0.2, 0.25) is 5.82 Å². The van der Waals surface area contributed by atoms with Crippen LogP contribution in [-0.2, 0) is 19.4 Å². The van der Waals surface area contributed by atoms with Gasteiger partial charge in [0, 0.05) is 37.0 Å². The number of anilines is 1. The first-order chi connectivity index (χ1) is 16.6. The van der Waals surface area contributed by atoms with Crippen molar-refractivity contribution in [1.82, 2.24) is 25.1 Å². The summed E-state index contributed by atoms with van der Waals surface area (Å²) in [5, 5.41) is 12.9. The average Bonchev–Trinajstić information content (AvgIpc) is 3.37. The second kappa shape index (κ2) is 9.52. The Morgan fingerprint density at radius 2 is 1.68 bits per heavy atom.